The fourth-order valence-electron chi connectivity index (χ4n) is 1.71. The molecule has 0 saturated heterocycles. The highest BCUT2D eigenvalue weighted by molar-refractivity contribution is 5.33. The summed E-state index contributed by atoms with van der Waals surface area (Å²) < 4.78 is 11.3. The van der Waals surface area contributed by atoms with Crippen LogP contribution in [0.5, 0.6) is 5.75 Å². The minimum atomic E-state index is 0.587. The summed E-state index contributed by atoms with van der Waals surface area (Å²) in [5.74, 6) is 0.898. The Labute approximate surface area is 108 Å². The lowest BCUT2D eigenvalue weighted by Crippen LogP contribution is -2.00. The van der Waals surface area contributed by atoms with Crippen LogP contribution in [0.2, 0.25) is 0 Å². The van der Waals surface area contributed by atoms with Crippen molar-refractivity contribution in [3.8, 4) is 5.75 Å². The number of rotatable bonds is 6. The highest BCUT2D eigenvalue weighted by atomic mass is 16.5. The Hall–Kier alpha value is -1.80. The summed E-state index contributed by atoms with van der Waals surface area (Å²) in [5, 5.41) is 0. The maximum atomic E-state index is 5.84. The highest BCUT2D eigenvalue weighted by Gasteiger charge is 2.03. The molecule has 0 bridgehead atoms. The van der Waals surface area contributed by atoms with Gasteiger partial charge in [0.1, 0.15) is 12.4 Å². The van der Waals surface area contributed by atoms with E-state index in [0.717, 1.165) is 11.3 Å². The Morgan fingerprint density at radius 2 is 1.56 bits per heavy atom. The maximum absolute atomic E-state index is 5.84. The van der Waals surface area contributed by atoms with Gasteiger partial charge in [-0.25, -0.2) is 0 Å². The third kappa shape index (κ3) is 3.60. The van der Waals surface area contributed by atoms with E-state index in [1.807, 2.05) is 49.4 Å². The van der Waals surface area contributed by atoms with Gasteiger partial charge in [0, 0.05) is 12.2 Å². The zero-order valence-corrected chi connectivity index (χ0v) is 10.6. The van der Waals surface area contributed by atoms with Crippen molar-refractivity contribution in [3.63, 3.8) is 0 Å². The summed E-state index contributed by atoms with van der Waals surface area (Å²) in [7, 11) is 0. The van der Waals surface area contributed by atoms with Gasteiger partial charge < -0.3 is 9.47 Å². The van der Waals surface area contributed by atoms with Gasteiger partial charge in [0.2, 0.25) is 0 Å². The average Bonchev–Trinajstić information content (AvgIpc) is 2.45. The molecule has 94 valence electrons. The van der Waals surface area contributed by atoms with Gasteiger partial charge in [0.25, 0.3) is 0 Å². The minimum Gasteiger partial charge on any atom is -0.489 e. The monoisotopic (exact) mass is 242 g/mol. The average molecular weight is 242 g/mol. The summed E-state index contributed by atoms with van der Waals surface area (Å²) >= 11 is 0. The second-order valence-electron chi connectivity index (χ2n) is 4.02. The lowest BCUT2D eigenvalue weighted by Gasteiger charge is -2.11. The van der Waals surface area contributed by atoms with Crippen LogP contribution in [0, 0.1) is 0 Å². The van der Waals surface area contributed by atoms with Gasteiger partial charge in [0.05, 0.1) is 6.61 Å². The standard InChI is InChI=1S/C16H18O2/c1-2-17-13-15-10-6-7-11-16(15)18-12-14-8-4-3-5-9-14/h3-11H,2,12-13H2,1H3. The molecule has 0 aliphatic carbocycles. The van der Waals surface area contributed by atoms with E-state index in [-0.39, 0.29) is 0 Å². The van der Waals surface area contributed by atoms with E-state index in [2.05, 4.69) is 12.1 Å². The predicted molar refractivity (Wildman–Crippen MR) is 72.5 cm³/mol. The number of para-hydroxylation sites is 1. The maximum Gasteiger partial charge on any atom is 0.125 e. The van der Waals surface area contributed by atoms with Crippen LogP contribution in [0.3, 0.4) is 0 Å². The van der Waals surface area contributed by atoms with Gasteiger partial charge in [-0.05, 0) is 18.6 Å². The summed E-state index contributed by atoms with van der Waals surface area (Å²) in [6.07, 6.45) is 0. The second-order valence-corrected chi connectivity index (χ2v) is 4.02. The molecule has 0 aromatic heterocycles. The fourth-order valence-corrected chi connectivity index (χ4v) is 1.71. The van der Waals surface area contributed by atoms with Crippen LogP contribution in [-0.4, -0.2) is 6.61 Å². The molecule has 0 heterocycles. The SMILES string of the molecule is CCOCc1ccccc1OCc1ccccc1. The molecule has 0 atom stereocenters. The van der Waals surface area contributed by atoms with E-state index in [1.54, 1.807) is 0 Å². The third-order valence-electron chi connectivity index (χ3n) is 2.67. The largest absolute Gasteiger partial charge is 0.489 e. The lowest BCUT2D eigenvalue weighted by molar-refractivity contribution is 0.130. The normalized spacial score (nSPS) is 10.3. The fraction of sp³-hybridized carbons (Fsp3) is 0.250. The number of ether oxygens (including phenoxy) is 2. The Balaban J connectivity index is 2.00. The summed E-state index contributed by atoms with van der Waals surface area (Å²) in [6, 6.07) is 18.2. The zero-order valence-electron chi connectivity index (χ0n) is 10.6. The molecular formula is C16H18O2. The van der Waals surface area contributed by atoms with Crippen molar-refractivity contribution in [2.75, 3.05) is 6.61 Å². The van der Waals surface area contributed by atoms with Crippen LogP contribution >= 0.6 is 0 Å². The molecule has 0 spiro atoms. The predicted octanol–water partition coefficient (Wildman–Crippen LogP) is 3.80. The van der Waals surface area contributed by atoms with Crippen molar-refractivity contribution in [1.29, 1.82) is 0 Å². The molecule has 0 aliphatic heterocycles. The Morgan fingerprint density at radius 3 is 2.33 bits per heavy atom. The molecule has 0 unspecified atom stereocenters. The smallest absolute Gasteiger partial charge is 0.125 e. The molecule has 2 heteroatoms. The molecule has 2 nitrogen and oxygen atoms in total. The first-order valence-corrected chi connectivity index (χ1v) is 6.22. The first kappa shape index (κ1) is 12.7. The van der Waals surface area contributed by atoms with E-state index >= 15 is 0 Å². The number of hydrogen-bond acceptors (Lipinski definition) is 2. The zero-order chi connectivity index (χ0) is 12.6. The number of benzene rings is 2. The summed E-state index contributed by atoms with van der Waals surface area (Å²) in [4.78, 5) is 0. The topological polar surface area (TPSA) is 18.5 Å². The van der Waals surface area contributed by atoms with E-state index in [0.29, 0.717) is 19.8 Å². The van der Waals surface area contributed by atoms with Gasteiger partial charge in [0.15, 0.2) is 0 Å². The molecule has 0 fully saturated rings. The molecule has 0 amide bonds. The van der Waals surface area contributed by atoms with Crippen LogP contribution in [0.15, 0.2) is 54.6 Å². The molecule has 2 aromatic rings. The van der Waals surface area contributed by atoms with E-state index < -0.39 is 0 Å². The second kappa shape index (κ2) is 6.82. The molecule has 2 rings (SSSR count). The van der Waals surface area contributed by atoms with Crippen molar-refractivity contribution >= 4 is 0 Å². The third-order valence-corrected chi connectivity index (χ3v) is 2.67. The van der Waals surface area contributed by atoms with Crippen molar-refractivity contribution in [2.45, 2.75) is 20.1 Å². The number of hydrogen-bond donors (Lipinski definition) is 0. The first-order chi connectivity index (χ1) is 8.90. The van der Waals surface area contributed by atoms with Crippen molar-refractivity contribution in [1.82, 2.24) is 0 Å². The van der Waals surface area contributed by atoms with Gasteiger partial charge in [-0.2, -0.15) is 0 Å². The van der Waals surface area contributed by atoms with Crippen LogP contribution in [0.1, 0.15) is 18.1 Å². The van der Waals surface area contributed by atoms with Crippen molar-refractivity contribution < 1.29 is 9.47 Å². The van der Waals surface area contributed by atoms with Gasteiger partial charge >= 0.3 is 0 Å². The summed E-state index contributed by atoms with van der Waals surface area (Å²) in [6.45, 7) is 3.89. The van der Waals surface area contributed by atoms with E-state index in [4.69, 9.17) is 9.47 Å². The lowest BCUT2D eigenvalue weighted by atomic mass is 10.2. The van der Waals surface area contributed by atoms with Crippen LogP contribution in [-0.2, 0) is 18.0 Å². The Morgan fingerprint density at radius 1 is 0.833 bits per heavy atom. The Bertz CT molecular complexity index is 466. The van der Waals surface area contributed by atoms with Crippen molar-refractivity contribution in [2.24, 2.45) is 0 Å². The molecule has 18 heavy (non-hydrogen) atoms. The molecule has 0 N–H and O–H groups in total. The van der Waals surface area contributed by atoms with E-state index in [1.165, 1.54) is 5.56 Å². The van der Waals surface area contributed by atoms with Gasteiger partial charge in [-0.1, -0.05) is 48.5 Å². The molecular weight excluding hydrogens is 224 g/mol. The summed E-state index contributed by atoms with van der Waals surface area (Å²) in [5.41, 5.74) is 2.26. The molecule has 0 radical (unpaired) electrons. The molecule has 2 aromatic carbocycles. The highest BCUT2D eigenvalue weighted by Crippen LogP contribution is 2.20. The van der Waals surface area contributed by atoms with Crippen LogP contribution in [0.25, 0.3) is 0 Å². The van der Waals surface area contributed by atoms with E-state index in [9.17, 15) is 0 Å². The molecule has 0 aliphatic rings. The molecule has 0 saturated carbocycles. The quantitative estimate of drug-likeness (QED) is 0.767. The van der Waals surface area contributed by atoms with Gasteiger partial charge in [-0.3, -0.25) is 0 Å². The van der Waals surface area contributed by atoms with Crippen LogP contribution in [0.4, 0.5) is 0 Å². The first-order valence-electron chi connectivity index (χ1n) is 6.22. The van der Waals surface area contributed by atoms with Crippen LogP contribution < -0.4 is 4.74 Å². The minimum absolute atomic E-state index is 0.587. The Kier molecular flexibility index (Phi) is 4.79. The van der Waals surface area contributed by atoms with Gasteiger partial charge in [-0.15, -0.1) is 0 Å². The van der Waals surface area contributed by atoms with Crippen molar-refractivity contribution in [3.05, 3.63) is 65.7 Å².